The Morgan fingerprint density at radius 3 is 1.96 bits per heavy atom. The second-order valence-electron chi connectivity index (χ2n) is 9.06. The van der Waals surface area contributed by atoms with Crippen molar-refractivity contribution < 1.29 is 9.47 Å². The molecule has 136 valence electrons. The lowest BCUT2D eigenvalue weighted by atomic mass is 9.72. The monoisotopic (exact) mass is 334 g/mol. The van der Waals surface area contributed by atoms with Gasteiger partial charge in [-0.1, -0.05) is 0 Å². The van der Waals surface area contributed by atoms with Crippen LogP contribution in [0, 0.1) is 35.5 Å². The fraction of sp³-hybridized carbons (Fsp3) is 1.00. The summed E-state index contributed by atoms with van der Waals surface area (Å²) in [6, 6.07) is 0. The highest BCUT2D eigenvalue weighted by Crippen LogP contribution is 2.62. The first-order valence-corrected chi connectivity index (χ1v) is 10.5. The van der Waals surface area contributed by atoms with Gasteiger partial charge in [0.05, 0.1) is 26.4 Å². The van der Waals surface area contributed by atoms with Gasteiger partial charge in [-0.05, 0) is 61.2 Å². The molecule has 0 spiro atoms. The Hall–Kier alpha value is -0.160. The Balaban J connectivity index is 1.22. The molecule has 2 bridgehead atoms. The van der Waals surface area contributed by atoms with Crippen molar-refractivity contribution in [2.45, 2.75) is 25.7 Å². The predicted molar refractivity (Wildman–Crippen MR) is 93.9 cm³/mol. The molecule has 0 aromatic carbocycles. The number of nitrogens with zero attached hydrogens (tertiary/aromatic N) is 2. The van der Waals surface area contributed by atoms with Crippen molar-refractivity contribution in [2.75, 3.05) is 65.7 Å². The third-order valence-electron chi connectivity index (χ3n) is 7.99. The first-order chi connectivity index (χ1) is 11.9. The molecule has 6 atom stereocenters. The molecule has 3 saturated carbocycles. The van der Waals surface area contributed by atoms with Crippen molar-refractivity contribution in [1.29, 1.82) is 0 Å². The summed E-state index contributed by atoms with van der Waals surface area (Å²) >= 11 is 0. The lowest BCUT2D eigenvalue weighted by Gasteiger charge is -2.39. The van der Waals surface area contributed by atoms with Gasteiger partial charge in [0.25, 0.3) is 0 Å². The van der Waals surface area contributed by atoms with Crippen LogP contribution in [0.1, 0.15) is 25.7 Å². The van der Waals surface area contributed by atoms with Crippen LogP contribution >= 0.6 is 0 Å². The normalized spacial score (nSPS) is 46.5. The Kier molecular flexibility index (Phi) is 4.59. The van der Waals surface area contributed by atoms with Gasteiger partial charge in [0.2, 0.25) is 0 Å². The summed E-state index contributed by atoms with van der Waals surface area (Å²) in [6.07, 6.45) is 6.13. The molecule has 5 fully saturated rings. The molecule has 0 radical (unpaired) electrons. The lowest BCUT2D eigenvalue weighted by molar-refractivity contribution is 0.00984. The SMILES string of the molecule is C1CN(CC2CC3CC2C2C(CN4CCOCC4)CCC32)CCO1. The average molecular weight is 335 g/mol. The lowest BCUT2D eigenvalue weighted by Crippen LogP contribution is -2.44. The Labute approximate surface area is 146 Å². The van der Waals surface area contributed by atoms with E-state index in [-0.39, 0.29) is 0 Å². The van der Waals surface area contributed by atoms with Crippen LogP contribution in [0.3, 0.4) is 0 Å². The van der Waals surface area contributed by atoms with Crippen LogP contribution in [0.25, 0.3) is 0 Å². The second kappa shape index (κ2) is 6.86. The zero-order valence-corrected chi connectivity index (χ0v) is 15.1. The molecule has 5 rings (SSSR count). The molecule has 4 heteroatoms. The van der Waals surface area contributed by atoms with E-state index in [4.69, 9.17) is 9.47 Å². The number of hydrogen-bond donors (Lipinski definition) is 0. The van der Waals surface area contributed by atoms with Gasteiger partial charge in [0.1, 0.15) is 0 Å². The van der Waals surface area contributed by atoms with E-state index in [1.807, 2.05) is 0 Å². The third-order valence-corrected chi connectivity index (χ3v) is 7.99. The zero-order chi connectivity index (χ0) is 15.9. The van der Waals surface area contributed by atoms with E-state index in [9.17, 15) is 0 Å². The molecule has 2 saturated heterocycles. The first-order valence-electron chi connectivity index (χ1n) is 10.5. The molecule has 4 nitrogen and oxygen atoms in total. The van der Waals surface area contributed by atoms with Crippen molar-refractivity contribution in [2.24, 2.45) is 35.5 Å². The van der Waals surface area contributed by atoms with E-state index in [0.717, 1.165) is 61.9 Å². The summed E-state index contributed by atoms with van der Waals surface area (Å²) in [5.74, 6) is 6.21. The molecule has 3 aliphatic carbocycles. The minimum Gasteiger partial charge on any atom is -0.379 e. The summed E-state index contributed by atoms with van der Waals surface area (Å²) < 4.78 is 11.1. The third kappa shape index (κ3) is 2.94. The minimum absolute atomic E-state index is 0.951. The topological polar surface area (TPSA) is 24.9 Å². The van der Waals surface area contributed by atoms with Crippen LogP contribution in [0.2, 0.25) is 0 Å². The Bertz CT molecular complexity index is 433. The van der Waals surface area contributed by atoms with Gasteiger partial charge in [0, 0.05) is 39.3 Å². The molecule has 0 amide bonds. The summed E-state index contributed by atoms with van der Waals surface area (Å²) in [4.78, 5) is 5.38. The van der Waals surface area contributed by atoms with Crippen LogP contribution in [0.5, 0.6) is 0 Å². The first kappa shape index (κ1) is 16.0. The van der Waals surface area contributed by atoms with Crippen molar-refractivity contribution in [3.05, 3.63) is 0 Å². The maximum Gasteiger partial charge on any atom is 0.0594 e. The summed E-state index contributed by atoms with van der Waals surface area (Å²) in [6.45, 7) is 11.2. The number of fused-ring (bicyclic) bond motifs is 5. The maximum absolute atomic E-state index is 5.54. The van der Waals surface area contributed by atoms with Gasteiger partial charge in [-0.3, -0.25) is 9.80 Å². The van der Waals surface area contributed by atoms with Gasteiger partial charge in [0.15, 0.2) is 0 Å². The molecule has 24 heavy (non-hydrogen) atoms. The molecule has 0 aromatic heterocycles. The number of morpholine rings is 2. The van der Waals surface area contributed by atoms with Crippen LogP contribution in [0.15, 0.2) is 0 Å². The highest BCUT2D eigenvalue weighted by atomic mass is 16.5. The fourth-order valence-corrected chi connectivity index (χ4v) is 7.03. The summed E-state index contributed by atoms with van der Waals surface area (Å²) in [5.41, 5.74) is 0. The summed E-state index contributed by atoms with van der Waals surface area (Å²) in [7, 11) is 0. The van der Waals surface area contributed by atoms with E-state index in [1.165, 1.54) is 58.5 Å². The molecule has 0 N–H and O–H groups in total. The average Bonchev–Trinajstić information content (AvgIpc) is 3.30. The van der Waals surface area contributed by atoms with E-state index >= 15 is 0 Å². The van der Waals surface area contributed by atoms with Gasteiger partial charge in [-0.15, -0.1) is 0 Å². The summed E-state index contributed by atoms with van der Waals surface area (Å²) in [5, 5.41) is 0. The Morgan fingerprint density at radius 1 is 0.667 bits per heavy atom. The van der Waals surface area contributed by atoms with E-state index in [1.54, 1.807) is 6.42 Å². The highest BCUT2D eigenvalue weighted by Gasteiger charge is 2.57. The smallest absolute Gasteiger partial charge is 0.0594 e. The molecular weight excluding hydrogens is 300 g/mol. The minimum atomic E-state index is 0.951. The quantitative estimate of drug-likeness (QED) is 0.785. The second-order valence-corrected chi connectivity index (χ2v) is 9.06. The molecule has 0 aromatic rings. The molecule has 2 aliphatic heterocycles. The highest BCUT2D eigenvalue weighted by molar-refractivity contribution is 5.06. The van der Waals surface area contributed by atoms with Crippen LogP contribution in [-0.2, 0) is 9.47 Å². The van der Waals surface area contributed by atoms with Crippen molar-refractivity contribution in [1.82, 2.24) is 9.80 Å². The number of rotatable bonds is 4. The molecule has 6 unspecified atom stereocenters. The maximum atomic E-state index is 5.54. The number of hydrogen-bond acceptors (Lipinski definition) is 4. The van der Waals surface area contributed by atoms with Crippen molar-refractivity contribution >= 4 is 0 Å². The number of ether oxygens (including phenoxy) is 2. The molecule has 5 aliphatic rings. The molecule has 2 heterocycles. The van der Waals surface area contributed by atoms with E-state index in [2.05, 4.69) is 9.80 Å². The van der Waals surface area contributed by atoms with Gasteiger partial charge < -0.3 is 9.47 Å². The zero-order valence-electron chi connectivity index (χ0n) is 15.1. The molecular formula is C20H34N2O2. The van der Waals surface area contributed by atoms with Crippen LogP contribution < -0.4 is 0 Å². The Morgan fingerprint density at radius 2 is 1.29 bits per heavy atom. The largest absolute Gasteiger partial charge is 0.379 e. The van der Waals surface area contributed by atoms with Crippen molar-refractivity contribution in [3.63, 3.8) is 0 Å². The van der Waals surface area contributed by atoms with Crippen LogP contribution in [0.4, 0.5) is 0 Å². The van der Waals surface area contributed by atoms with Gasteiger partial charge in [-0.25, -0.2) is 0 Å². The predicted octanol–water partition coefficient (Wildman–Crippen LogP) is 1.95. The van der Waals surface area contributed by atoms with Crippen molar-refractivity contribution in [3.8, 4) is 0 Å². The van der Waals surface area contributed by atoms with Gasteiger partial charge >= 0.3 is 0 Å². The van der Waals surface area contributed by atoms with E-state index < -0.39 is 0 Å². The van der Waals surface area contributed by atoms with Crippen LogP contribution in [-0.4, -0.2) is 75.5 Å². The van der Waals surface area contributed by atoms with Gasteiger partial charge in [-0.2, -0.15) is 0 Å². The van der Waals surface area contributed by atoms with E-state index in [0.29, 0.717) is 0 Å². The fourth-order valence-electron chi connectivity index (χ4n) is 7.03. The standard InChI is InChI=1S/C20H34N2O2/c1-2-18-16-11-17(14-22-5-9-24-10-6-22)19(12-16)20(18)15(1)13-21-3-7-23-8-4-21/h15-20H,1-14H2.